The number of rotatable bonds is 1. The van der Waals surface area contributed by atoms with Gasteiger partial charge in [0.1, 0.15) is 12.2 Å². The molecule has 0 aromatic heterocycles. The number of carbonyl (C=O) groups is 3. The number of allylic oxidation sites excluding steroid dienone is 1. The van der Waals surface area contributed by atoms with Crippen LogP contribution in [0.2, 0.25) is 0 Å². The molecular weight excluding hydrogens is 320 g/mol. The number of ketones is 2. The van der Waals surface area contributed by atoms with Crippen LogP contribution in [-0.4, -0.2) is 34.9 Å². The zero-order valence-electron chi connectivity index (χ0n) is 14.9. The molecule has 3 aliphatic rings. The van der Waals surface area contributed by atoms with Crippen molar-refractivity contribution in [2.45, 2.75) is 52.2 Å². The van der Waals surface area contributed by atoms with Crippen LogP contribution in [0.25, 0.3) is 0 Å². The van der Waals surface area contributed by atoms with Crippen molar-refractivity contribution >= 4 is 17.5 Å². The van der Waals surface area contributed by atoms with Gasteiger partial charge in [-0.2, -0.15) is 0 Å². The molecule has 5 atom stereocenters. The lowest BCUT2D eigenvalue weighted by Gasteiger charge is -2.22. The fraction of sp³-hybridized carbons (Fsp3) is 0.550. The number of Topliss-reactive ketones (excluding diaryl/α,β-unsaturated/α-hetero) is 1. The molecule has 25 heavy (non-hydrogen) atoms. The third-order valence-electron chi connectivity index (χ3n) is 5.88. The van der Waals surface area contributed by atoms with E-state index >= 15 is 0 Å². The Morgan fingerprint density at radius 1 is 1.36 bits per heavy atom. The third-order valence-corrected chi connectivity index (χ3v) is 5.88. The maximum atomic E-state index is 12.5. The molecule has 1 N–H and O–H groups in total. The number of aliphatic hydroxyl groups is 1. The van der Waals surface area contributed by atoms with Crippen LogP contribution < -0.4 is 0 Å². The van der Waals surface area contributed by atoms with Crippen molar-refractivity contribution in [1.29, 1.82) is 0 Å². The lowest BCUT2D eigenvalue weighted by Crippen LogP contribution is -2.31. The normalized spacial score (nSPS) is 40.6. The monoisotopic (exact) mass is 344 g/mol. The molecule has 1 heterocycles. The highest BCUT2D eigenvalue weighted by atomic mass is 16.5. The van der Waals surface area contributed by atoms with Crippen LogP contribution >= 0.6 is 0 Å². The number of fused-ring (bicyclic) bond motifs is 3. The van der Waals surface area contributed by atoms with Gasteiger partial charge in [0.25, 0.3) is 0 Å². The van der Waals surface area contributed by atoms with Gasteiger partial charge in [0.15, 0.2) is 11.6 Å². The highest BCUT2D eigenvalue weighted by Crippen LogP contribution is 2.58. The lowest BCUT2D eigenvalue weighted by molar-refractivity contribution is -0.142. The molecule has 0 aromatic rings. The molecule has 2 bridgehead atoms. The van der Waals surface area contributed by atoms with E-state index in [2.05, 4.69) is 6.58 Å². The van der Waals surface area contributed by atoms with E-state index in [1.165, 1.54) is 6.08 Å². The lowest BCUT2D eigenvalue weighted by atomic mass is 9.85. The fourth-order valence-electron chi connectivity index (χ4n) is 3.89. The van der Waals surface area contributed by atoms with Crippen LogP contribution in [0.3, 0.4) is 0 Å². The zero-order chi connectivity index (χ0) is 18.5. The molecule has 0 radical (unpaired) electrons. The minimum atomic E-state index is -1.26. The molecular formula is C20H24O5. The summed E-state index contributed by atoms with van der Waals surface area (Å²) in [5, 5.41) is 10.5. The molecule has 0 aromatic carbocycles. The van der Waals surface area contributed by atoms with Crippen LogP contribution in [0, 0.1) is 17.3 Å². The average Bonchev–Trinajstić information content (AvgIpc) is 3.10. The molecule has 0 saturated heterocycles. The van der Waals surface area contributed by atoms with Gasteiger partial charge in [0, 0.05) is 22.8 Å². The molecule has 5 heteroatoms. The van der Waals surface area contributed by atoms with E-state index in [1.807, 2.05) is 13.0 Å². The summed E-state index contributed by atoms with van der Waals surface area (Å²) in [5.41, 5.74) is 1.08. The van der Waals surface area contributed by atoms with E-state index in [0.717, 1.165) is 0 Å². The molecule has 0 amide bonds. The molecule has 1 fully saturated rings. The summed E-state index contributed by atoms with van der Waals surface area (Å²) in [6.07, 6.45) is 2.95. The van der Waals surface area contributed by atoms with Gasteiger partial charge in [0.05, 0.1) is 0 Å². The standard InChI is InChI=1S/C20H24O5/c1-10(2)13-6-5-12-8-16(25-19(12)24)20(4)9-14(20)15(21)7-11(3)17(22)18(13)23/h7-8,13-14,16,18,23H,1,5-6,9H2,2-4H3/b11-7+/t13-,14-,16+,18-,20+/m0/s1. The van der Waals surface area contributed by atoms with Crippen LogP contribution in [0.4, 0.5) is 0 Å². The van der Waals surface area contributed by atoms with Gasteiger partial charge in [-0.15, -0.1) is 0 Å². The highest BCUT2D eigenvalue weighted by molar-refractivity contribution is 6.06. The Hall–Kier alpha value is -2.01. The van der Waals surface area contributed by atoms with Crippen molar-refractivity contribution < 1.29 is 24.2 Å². The molecule has 134 valence electrons. The molecule has 3 rings (SSSR count). The quantitative estimate of drug-likeness (QED) is 0.583. The first kappa shape index (κ1) is 17.8. The molecule has 0 spiro atoms. The molecule has 1 aliphatic heterocycles. The van der Waals surface area contributed by atoms with Crippen molar-refractivity contribution in [2.75, 3.05) is 0 Å². The first-order valence-corrected chi connectivity index (χ1v) is 8.66. The van der Waals surface area contributed by atoms with Crippen molar-refractivity contribution in [2.24, 2.45) is 17.3 Å². The van der Waals surface area contributed by atoms with E-state index in [1.54, 1.807) is 13.8 Å². The summed E-state index contributed by atoms with van der Waals surface area (Å²) in [6.45, 7) is 9.11. The summed E-state index contributed by atoms with van der Waals surface area (Å²) >= 11 is 0. The molecule has 0 unspecified atom stereocenters. The van der Waals surface area contributed by atoms with Crippen LogP contribution in [0.15, 0.2) is 35.5 Å². The summed E-state index contributed by atoms with van der Waals surface area (Å²) in [6, 6.07) is 0. The molecule has 5 nitrogen and oxygen atoms in total. The van der Waals surface area contributed by atoms with Crippen LogP contribution in [-0.2, 0) is 19.1 Å². The summed E-state index contributed by atoms with van der Waals surface area (Å²) in [4.78, 5) is 37.2. The van der Waals surface area contributed by atoms with E-state index in [0.29, 0.717) is 30.4 Å². The minimum absolute atomic E-state index is 0.149. The van der Waals surface area contributed by atoms with Gasteiger partial charge < -0.3 is 9.84 Å². The van der Waals surface area contributed by atoms with Crippen molar-refractivity contribution in [3.05, 3.63) is 35.5 Å². The van der Waals surface area contributed by atoms with Crippen molar-refractivity contribution in [3.63, 3.8) is 0 Å². The number of hydrogen-bond acceptors (Lipinski definition) is 5. The first-order valence-electron chi connectivity index (χ1n) is 8.66. The van der Waals surface area contributed by atoms with E-state index in [-0.39, 0.29) is 23.2 Å². The number of esters is 1. The number of ether oxygens (including phenoxy) is 1. The zero-order valence-corrected chi connectivity index (χ0v) is 14.9. The van der Waals surface area contributed by atoms with E-state index in [9.17, 15) is 19.5 Å². The second kappa shape index (κ2) is 6.06. The van der Waals surface area contributed by atoms with Gasteiger partial charge in [0.2, 0.25) is 0 Å². The topological polar surface area (TPSA) is 80.7 Å². The number of hydrogen-bond donors (Lipinski definition) is 1. The van der Waals surface area contributed by atoms with Crippen LogP contribution in [0.1, 0.15) is 40.0 Å². The third kappa shape index (κ3) is 3.01. The Balaban J connectivity index is 1.98. The Labute approximate surface area is 147 Å². The van der Waals surface area contributed by atoms with Gasteiger partial charge in [-0.25, -0.2) is 4.79 Å². The van der Waals surface area contributed by atoms with E-state index in [4.69, 9.17) is 4.74 Å². The smallest absolute Gasteiger partial charge is 0.334 e. The first-order chi connectivity index (χ1) is 11.6. The fourth-order valence-corrected chi connectivity index (χ4v) is 3.89. The van der Waals surface area contributed by atoms with Crippen molar-refractivity contribution in [3.8, 4) is 0 Å². The van der Waals surface area contributed by atoms with Gasteiger partial charge in [-0.05, 0) is 50.8 Å². The summed E-state index contributed by atoms with van der Waals surface area (Å²) in [7, 11) is 0. The average molecular weight is 344 g/mol. The van der Waals surface area contributed by atoms with Crippen molar-refractivity contribution in [1.82, 2.24) is 0 Å². The Morgan fingerprint density at radius 3 is 2.68 bits per heavy atom. The van der Waals surface area contributed by atoms with Gasteiger partial charge in [-0.3, -0.25) is 9.59 Å². The van der Waals surface area contributed by atoms with Gasteiger partial charge >= 0.3 is 5.97 Å². The van der Waals surface area contributed by atoms with Crippen LogP contribution in [0.5, 0.6) is 0 Å². The summed E-state index contributed by atoms with van der Waals surface area (Å²) in [5.74, 6) is -1.70. The Morgan fingerprint density at radius 2 is 2.04 bits per heavy atom. The Kier molecular flexibility index (Phi) is 4.31. The SMILES string of the molecule is C=C(C)[C@@H]1CCC2=C[C@@H](OC2=O)[C@]2(C)C[C@H]2C(=O)/C=C(\C)C(=O)[C@H]1O. The highest BCUT2D eigenvalue weighted by Gasteiger charge is 2.60. The second-order valence-corrected chi connectivity index (χ2v) is 7.81. The maximum Gasteiger partial charge on any atom is 0.334 e. The molecule has 2 aliphatic carbocycles. The Bertz CT molecular complexity index is 728. The predicted octanol–water partition coefficient (Wildman–Crippen LogP) is 2.30. The second-order valence-electron chi connectivity index (χ2n) is 7.81. The molecule has 1 saturated carbocycles. The maximum absolute atomic E-state index is 12.5. The number of aliphatic hydroxyl groups excluding tert-OH is 1. The predicted molar refractivity (Wildman–Crippen MR) is 91.5 cm³/mol. The number of carbonyl (C=O) groups excluding carboxylic acids is 3. The minimum Gasteiger partial charge on any atom is -0.454 e. The van der Waals surface area contributed by atoms with Gasteiger partial charge in [-0.1, -0.05) is 19.1 Å². The summed E-state index contributed by atoms with van der Waals surface area (Å²) < 4.78 is 5.49. The largest absolute Gasteiger partial charge is 0.454 e. The van der Waals surface area contributed by atoms with E-state index < -0.39 is 29.3 Å².